The van der Waals surface area contributed by atoms with Crippen LogP contribution in [0.1, 0.15) is 98.8 Å². The van der Waals surface area contributed by atoms with Gasteiger partial charge in [-0.15, -0.1) is 0 Å². The van der Waals surface area contributed by atoms with E-state index in [4.69, 9.17) is 0 Å². The molecule has 0 bridgehead atoms. The Hall–Kier alpha value is -0.410. The monoisotopic (exact) mass is 418 g/mol. The van der Waals surface area contributed by atoms with Gasteiger partial charge in [0.15, 0.2) is 0 Å². The maximum absolute atomic E-state index is 13.2. The molecule has 172 valence electrons. The molecule has 0 spiro atoms. The van der Waals surface area contributed by atoms with Crippen molar-refractivity contribution in [1.29, 1.82) is 0 Å². The Kier molecular flexibility index (Phi) is 6.21. The molecule has 0 radical (unpaired) electrons. The largest absolute Gasteiger partial charge is 0.393 e. The lowest BCUT2D eigenvalue weighted by molar-refractivity contribution is -0.160. The zero-order chi connectivity index (χ0) is 21.8. The molecular formula is C27H46O3. The minimum absolute atomic E-state index is 0.0841. The molecule has 4 saturated carbocycles. The molecule has 3 heteroatoms. The number of ketones is 1. The van der Waals surface area contributed by atoms with Gasteiger partial charge in [0, 0.05) is 12.3 Å². The Morgan fingerprint density at radius 1 is 0.967 bits per heavy atom. The molecule has 4 rings (SSSR count). The average Bonchev–Trinajstić information content (AvgIpc) is 3.04. The Morgan fingerprint density at radius 2 is 1.63 bits per heavy atom. The normalized spacial score (nSPS) is 48.1. The second kappa shape index (κ2) is 8.18. The van der Waals surface area contributed by atoms with Crippen molar-refractivity contribution in [1.82, 2.24) is 0 Å². The fourth-order valence-corrected chi connectivity index (χ4v) is 8.96. The molecule has 4 fully saturated rings. The minimum atomic E-state index is -0.276. The third kappa shape index (κ3) is 3.60. The Morgan fingerprint density at radius 3 is 2.33 bits per heavy atom. The summed E-state index contributed by atoms with van der Waals surface area (Å²) in [5.74, 6) is 3.90. The molecule has 0 saturated heterocycles. The molecule has 0 amide bonds. The molecular weight excluding hydrogens is 372 g/mol. The third-order valence-electron chi connectivity index (χ3n) is 10.8. The number of hydrogen-bond donors (Lipinski definition) is 2. The number of rotatable bonds is 5. The Labute approximate surface area is 184 Å². The molecule has 0 aromatic carbocycles. The lowest BCUT2D eigenvalue weighted by Gasteiger charge is -2.60. The van der Waals surface area contributed by atoms with Gasteiger partial charge in [0.05, 0.1) is 12.2 Å². The van der Waals surface area contributed by atoms with Crippen LogP contribution in [0.15, 0.2) is 0 Å². The molecule has 30 heavy (non-hydrogen) atoms. The summed E-state index contributed by atoms with van der Waals surface area (Å²) in [6.45, 7) is 11.7. The summed E-state index contributed by atoms with van der Waals surface area (Å²) >= 11 is 0. The predicted molar refractivity (Wildman–Crippen MR) is 121 cm³/mol. The molecule has 0 heterocycles. The van der Waals surface area contributed by atoms with Crippen LogP contribution in [0.4, 0.5) is 0 Å². The lowest BCUT2D eigenvalue weighted by atomic mass is 9.44. The van der Waals surface area contributed by atoms with Crippen molar-refractivity contribution in [3.8, 4) is 0 Å². The van der Waals surface area contributed by atoms with Crippen molar-refractivity contribution in [2.45, 2.75) is 111 Å². The first kappa shape index (κ1) is 22.8. The highest BCUT2D eigenvalue weighted by Crippen LogP contribution is 2.67. The molecule has 2 N–H and O–H groups in total. The summed E-state index contributed by atoms with van der Waals surface area (Å²) in [6.07, 6.45) is 9.82. The standard InChI is InChI=1S/C27H46O3/c1-16(2)6-9-24(29)17(3)20-7-8-21-19-15-25(30)23-14-18(28)10-12-27(23,5)22(19)11-13-26(20,21)4/h16-24,28-29H,6-15H2,1-5H3/t17-,18-,19-,20+,21-,22-,23-,24+,26+,27+/m0/s1. The Bertz CT molecular complexity index is 644. The van der Waals surface area contributed by atoms with Crippen LogP contribution in [0.3, 0.4) is 0 Å². The number of carbonyl (C=O) groups is 1. The van der Waals surface area contributed by atoms with Crippen LogP contribution < -0.4 is 0 Å². The number of fused-ring (bicyclic) bond motifs is 5. The van der Waals surface area contributed by atoms with Crippen LogP contribution in [-0.2, 0) is 4.79 Å². The molecule has 4 aliphatic carbocycles. The first-order valence-corrected chi connectivity index (χ1v) is 13.0. The molecule has 0 aromatic heterocycles. The van der Waals surface area contributed by atoms with Crippen LogP contribution in [0, 0.1) is 52.3 Å². The van der Waals surface area contributed by atoms with E-state index in [9.17, 15) is 15.0 Å². The molecule has 3 nitrogen and oxygen atoms in total. The number of hydrogen-bond acceptors (Lipinski definition) is 3. The van der Waals surface area contributed by atoms with Crippen molar-refractivity contribution in [3.63, 3.8) is 0 Å². The number of Topliss-reactive ketones (excluding diaryl/α,β-unsaturated/α-hetero) is 1. The highest BCUT2D eigenvalue weighted by molar-refractivity contribution is 5.83. The zero-order valence-corrected chi connectivity index (χ0v) is 20.1. The molecule has 0 aromatic rings. The van der Waals surface area contributed by atoms with Gasteiger partial charge in [-0.3, -0.25) is 4.79 Å². The average molecular weight is 419 g/mol. The third-order valence-corrected chi connectivity index (χ3v) is 10.8. The summed E-state index contributed by atoms with van der Waals surface area (Å²) < 4.78 is 0. The van der Waals surface area contributed by atoms with Crippen LogP contribution >= 0.6 is 0 Å². The molecule has 4 aliphatic rings. The van der Waals surface area contributed by atoms with E-state index in [0.717, 1.165) is 32.1 Å². The summed E-state index contributed by atoms with van der Waals surface area (Å²) in [6, 6.07) is 0. The van der Waals surface area contributed by atoms with Gasteiger partial charge in [-0.05, 0) is 104 Å². The van der Waals surface area contributed by atoms with Crippen molar-refractivity contribution in [2.24, 2.45) is 52.3 Å². The van der Waals surface area contributed by atoms with E-state index in [0.29, 0.717) is 47.7 Å². The fourth-order valence-electron chi connectivity index (χ4n) is 8.96. The summed E-state index contributed by atoms with van der Waals surface area (Å²) in [5, 5.41) is 21.2. The summed E-state index contributed by atoms with van der Waals surface area (Å²) in [4.78, 5) is 13.2. The number of aliphatic hydroxyl groups is 2. The lowest BCUT2D eigenvalue weighted by Crippen LogP contribution is -2.57. The predicted octanol–water partition coefficient (Wildman–Crippen LogP) is 5.62. The SMILES string of the molecule is CC(C)CC[C@@H](O)[C@@H](C)[C@H]1CC[C@H]2[C@@H]3CC(=O)[C@@H]4C[C@@H](O)CC[C@]4(C)[C@H]3CC[C@]12C. The van der Waals surface area contributed by atoms with E-state index in [1.54, 1.807) is 0 Å². The minimum Gasteiger partial charge on any atom is -0.393 e. The van der Waals surface area contributed by atoms with Crippen LogP contribution in [0.25, 0.3) is 0 Å². The Balaban J connectivity index is 1.53. The van der Waals surface area contributed by atoms with Gasteiger partial charge in [0.1, 0.15) is 5.78 Å². The maximum atomic E-state index is 13.2. The van der Waals surface area contributed by atoms with E-state index in [-0.39, 0.29) is 29.0 Å². The van der Waals surface area contributed by atoms with Gasteiger partial charge < -0.3 is 10.2 Å². The number of aliphatic hydroxyl groups excluding tert-OH is 2. The first-order chi connectivity index (χ1) is 14.1. The van der Waals surface area contributed by atoms with E-state index < -0.39 is 0 Å². The van der Waals surface area contributed by atoms with Crippen LogP contribution in [-0.4, -0.2) is 28.2 Å². The van der Waals surface area contributed by atoms with Crippen molar-refractivity contribution in [2.75, 3.05) is 0 Å². The highest BCUT2D eigenvalue weighted by atomic mass is 16.3. The van der Waals surface area contributed by atoms with Gasteiger partial charge >= 0.3 is 0 Å². The van der Waals surface area contributed by atoms with E-state index in [1.165, 1.54) is 25.7 Å². The number of carbonyl (C=O) groups excluding carboxylic acids is 1. The maximum Gasteiger partial charge on any atom is 0.136 e. The van der Waals surface area contributed by atoms with E-state index >= 15 is 0 Å². The van der Waals surface area contributed by atoms with Gasteiger partial charge in [0.2, 0.25) is 0 Å². The van der Waals surface area contributed by atoms with E-state index in [1.807, 2.05) is 0 Å². The fraction of sp³-hybridized carbons (Fsp3) is 0.963. The topological polar surface area (TPSA) is 57.5 Å². The van der Waals surface area contributed by atoms with Gasteiger partial charge in [-0.2, -0.15) is 0 Å². The van der Waals surface area contributed by atoms with Gasteiger partial charge in [-0.1, -0.05) is 34.6 Å². The smallest absolute Gasteiger partial charge is 0.136 e. The zero-order valence-electron chi connectivity index (χ0n) is 20.1. The highest BCUT2D eigenvalue weighted by Gasteiger charge is 2.62. The molecule has 10 atom stereocenters. The molecule has 0 unspecified atom stereocenters. The van der Waals surface area contributed by atoms with Gasteiger partial charge in [-0.25, -0.2) is 0 Å². The van der Waals surface area contributed by atoms with Crippen molar-refractivity contribution < 1.29 is 15.0 Å². The van der Waals surface area contributed by atoms with Crippen LogP contribution in [0.2, 0.25) is 0 Å². The van der Waals surface area contributed by atoms with Crippen molar-refractivity contribution in [3.05, 3.63) is 0 Å². The molecule has 0 aliphatic heterocycles. The van der Waals surface area contributed by atoms with E-state index in [2.05, 4.69) is 34.6 Å². The quantitative estimate of drug-likeness (QED) is 0.609. The van der Waals surface area contributed by atoms with Crippen LogP contribution in [0.5, 0.6) is 0 Å². The first-order valence-electron chi connectivity index (χ1n) is 13.0. The van der Waals surface area contributed by atoms with Gasteiger partial charge in [0.25, 0.3) is 0 Å². The summed E-state index contributed by atoms with van der Waals surface area (Å²) in [5.41, 5.74) is 0.373. The second-order valence-corrected chi connectivity index (χ2v) is 12.7. The summed E-state index contributed by atoms with van der Waals surface area (Å²) in [7, 11) is 0. The van der Waals surface area contributed by atoms with Crippen molar-refractivity contribution >= 4 is 5.78 Å². The second-order valence-electron chi connectivity index (χ2n) is 12.7.